The summed E-state index contributed by atoms with van der Waals surface area (Å²) in [5, 5.41) is 7.42. The molecule has 2 N–H and O–H groups in total. The fraction of sp³-hybridized carbons (Fsp3) is 0.273. The van der Waals surface area contributed by atoms with Crippen molar-refractivity contribution >= 4 is 21.6 Å². The highest BCUT2D eigenvalue weighted by molar-refractivity contribution is 7.89. The monoisotopic (exact) mass is 424 g/mol. The standard InChI is InChI=1S/C22H24N4O3S/c1-14-8-11-18(30(28,29)25-17-9-10-17)13-19(14)22(27)23-20-6-4-5-7-21(20)26-16(3)12-15(2)24-26/h4-8,11-13,17,25H,9-10H2,1-3H3,(H,23,27). The zero-order chi connectivity index (χ0) is 21.5. The molecule has 1 saturated carbocycles. The number of aryl methyl sites for hydroxylation is 3. The Bertz CT molecular complexity index is 1230. The maximum absolute atomic E-state index is 13.1. The van der Waals surface area contributed by atoms with Gasteiger partial charge in [-0.15, -0.1) is 0 Å². The van der Waals surface area contributed by atoms with Crippen molar-refractivity contribution in [2.75, 3.05) is 5.32 Å². The lowest BCUT2D eigenvalue weighted by Gasteiger charge is -2.14. The normalized spacial score (nSPS) is 14.0. The van der Waals surface area contributed by atoms with Crippen LogP contribution in [0.25, 0.3) is 5.69 Å². The van der Waals surface area contributed by atoms with E-state index in [-0.39, 0.29) is 16.8 Å². The van der Waals surface area contributed by atoms with Crippen LogP contribution >= 0.6 is 0 Å². The van der Waals surface area contributed by atoms with Gasteiger partial charge in [-0.2, -0.15) is 5.10 Å². The zero-order valence-electron chi connectivity index (χ0n) is 17.1. The van der Waals surface area contributed by atoms with E-state index in [4.69, 9.17) is 0 Å². The van der Waals surface area contributed by atoms with E-state index in [2.05, 4.69) is 15.1 Å². The van der Waals surface area contributed by atoms with E-state index in [9.17, 15) is 13.2 Å². The molecule has 0 spiro atoms. The number of nitrogens with one attached hydrogen (secondary N) is 2. The first kappa shape index (κ1) is 20.3. The van der Waals surface area contributed by atoms with E-state index in [0.717, 1.165) is 29.9 Å². The second-order valence-electron chi connectivity index (χ2n) is 7.68. The molecule has 156 valence electrons. The van der Waals surface area contributed by atoms with E-state index in [1.54, 1.807) is 23.7 Å². The number of hydrogen-bond acceptors (Lipinski definition) is 4. The van der Waals surface area contributed by atoms with Gasteiger partial charge in [-0.25, -0.2) is 17.8 Å². The van der Waals surface area contributed by atoms with Crippen molar-refractivity contribution in [3.8, 4) is 5.69 Å². The summed E-state index contributed by atoms with van der Waals surface area (Å²) in [5.74, 6) is -0.370. The highest BCUT2D eigenvalue weighted by Gasteiger charge is 2.28. The van der Waals surface area contributed by atoms with Crippen LogP contribution in [0.1, 0.15) is 40.2 Å². The summed E-state index contributed by atoms with van der Waals surface area (Å²) < 4.78 is 29.5. The van der Waals surface area contributed by atoms with Crippen molar-refractivity contribution < 1.29 is 13.2 Å². The molecule has 1 aromatic heterocycles. The summed E-state index contributed by atoms with van der Waals surface area (Å²) in [5.41, 5.74) is 4.18. The van der Waals surface area contributed by atoms with Gasteiger partial charge in [0.15, 0.2) is 0 Å². The molecule has 0 radical (unpaired) electrons. The van der Waals surface area contributed by atoms with Gasteiger partial charge >= 0.3 is 0 Å². The molecule has 0 atom stereocenters. The van der Waals surface area contributed by atoms with Crippen molar-refractivity contribution in [2.24, 2.45) is 0 Å². The molecule has 2 aromatic carbocycles. The van der Waals surface area contributed by atoms with Gasteiger partial charge in [0.2, 0.25) is 10.0 Å². The van der Waals surface area contributed by atoms with Gasteiger partial charge in [0, 0.05) is 17.3 Å². The largest absolute Gasteiger partial charge is 0.320 e. The molecule has 3 aromatic rings. The molecule has 4 rings (SSSR count). The molecule has 1 fully saturated rings. The van der Waals surface area contributed by atoms with Crippen LogP contribution in [0.4, 0.5) is 5.69 Å². The number of rotatable bonds is 6. The van der Waals surface area contributed by atoms with E-state index < -0.39 is 10.0 Å². The zero-order valence-corrected chi connectivity index (χ0v) is 18.0. The van der Waals surface area contributed by atoms with Crippen LogP contribution < -0.4 is 10.0 Å². The Labute approximate surface area is 176 Å². The van der Waals surface area contributed by atoms with E-state index >= 15 is 0 Å². The van der Waals surface area contributed by atoms with Gasteiger partial charge in [-0.1, -0.05) is 18.2 Å². The number of anilines is 1. The fourth-order valence-corrected chi connectivity index (χ4v) is 4.66. The Morgan fingerprint density at radius 3 is 2.47 bits per heavy atom. The molecule has 0 saturated heterocycles. The third kappa shape index (κ3) is 4.15. The SMILES string of the molecule is Cc1cc(C)n(-c2ccccc2NC(=O)c2cc(S(=O)(=O)NC3CC3)ccc2C)n1. The van der Waals surface area contributed by atoms with Crippen molar-refractivity contribution in [1.82, 2.24) is 14.5 Å². The molecule has 1 aliphatic carbocycles. The van der Waals surface area contributed by atoms with Crippen molar-refractivity contribution in [2.45, 2.75) is 44.6 Å². The molecule has 0 unspecified atom stereocenters. The van der Waals surface area contributed by atoms with E-state index in [1.807, 2.05) is 38.1 Å². The molecule has 8 heteroatoms. The van der Waals surface area contributed by atoms with Crippen LogP contribution in [-0.2, 0) is 10.0 Å². The molecule has 0 bridgehead atoms. The van der Waals surface area contributed by atoms with Crippen molar-refractivity contribution in [3.63, 3.8) is 0 Å². The number of amides is 1. The Balaban J connectivity index is 1.65. The molecule has 1 heterocycles. The minimum Gasteiger partial charge on any atom is -0.320 e. The smallest absolute Gasteiger partial charge is 0.256 e. The summed E-state index contributed by atoms with van der Waals surface area (Å²) in [6.45, 7) is 5.64. The lowest BCUT2D eigenvalue weighted by Crippen LogP contribution is -2.26. The fourth-order valence-electron chi connectivity index (χ4n) is 3.33. The van der Waals surface area contributed by atoms with Gasteiger partial charge in [-0.3, -0.25) is 4.79 Å². The number of carbonyl (C=O) groups excluding carboxylic acids is 1. The second-order valence-corrected chi connectivity index (χ2v) is 9.40. The molecule has 0 aliphatic heterocycles. The van der Waals surface area contributed by atoms with Crippen LogP contribution in [0.2, 0.25) is 0 Å². The molecular formula is C22H24N4O3S. The van der Waals surface area contributed by atoms with Gasteiger partial charge < -0.3 is 5.32 Å². The third-order valence-corrected chi connectivity index (χ3v) is 6.57. The number of aromatic nitrogens is 2. The lowest BCUT2D eigenvalue weighted by molar-refractivity contribution is 0.102. The Morgan fingerprint density at radius 2 is 1.80 bits per heavy atom. The molecule has 1 amide bonds. The van der Waals surface area contributed by atoms with Crippen molar-refractivity contribution in [3.05, 3.63) is 71.0 Å². The highest BCUT2D eigenvalue weighted by atomic mass is 32.2. The molecule has 7 nitrogen and oxygen atoms in total. The first-order chi connectivity index (χ1) is 14.2. The summed E-state index contributed by atoms with van der Waals surface area (Å²) in [7, 11) is -3.64. The first-order valence-corrected chi connectivity index (χ1v) is 11.3. The van der Waals surface area contributed by atoms with Gasteiger partial charge in [-0.05, 0) is 69.5 Å². The molecular weight excluding hydrogens is 400 g/mol. The summed E-state index contributed by atoms with van der Waals surface area (Å²) >= 11 is 0. The van der Waals surface area contributed by atoms with E-state index in [0.29, 0.717) is 16.8 Å². The number of hydrogen-bond donors (Lipinski definition) is 2. The van der Waals surface area contributed by atoms with Crippen LogP contribution in [0.5, 0.6) is 0 Å². The predicted octanol–water partition coefficient (Wildman–Crippen LogP) is 3.49. The summed E-state index contributed by atoms with van der Waals surface area (Å²) in [6, 6.07) is 14.0. The average molecular weight is 425 g/mol. The van der Waals surface area contributed by atoms with Crippen LogP contribution in [0.15, 0.2) is 53.4 Å². The lowest BCUT2D eigenvalue weighted by atomic mass is 10.1. The summed E-state index contributed by atoms with van der Waals surface area (Å²) in [6.07, 6.45) is 1.70. The van der Waals surface area contributed by atoms with Crippen LogP contribution in [0, 0.1) is 20.8 Å². The highest BCUT2D eigenvalue weighted by Crippen LogP contribution is 2.25. The minimum absolute atomic E-state index is 0.00113. The Hall–Kier alpha value is -2.97. The van der Waals surface area contributed by atoms with Crippen LogP contribution in [-0.4, -0.2) is 30.1 Å². The number of sulfonamides is 1. The average Bonchev–Trinajstić information content (AvgIpc) is 3.43. The summed E-state index contributed by atoms with van der Waals surface area (Å²) in [4.78, 5) is 13.2. The number of carbonyl (C=O) groups is 1. The van der Waals surface area contributed by atoms with Gasteiger partial charge in [0.05, 0.1) is 22.0 Å². The second kappa shape index (κ2) is 7.70. The van der Waals surface area contributed by atoms with E-state index in [1.165, 1.54) is 12.1 Å². The first-order valence-electron chi connectivity index (χ1n) is 9.81. The quantitative estimate of drug-likeness (QED) is 0.633. The Morgan fingerprint density at radius 1 is 1.07 bits per heavy atom. The molecule has 1 aliphatic rings. The van der Waals surface area contributed by atoms with Crippen molar-refractivity contribution in [1.29, 1.82) is 0 Å². The predicted molar refractivity (Wildman–Crippen MR) is 116 cm³/mol. The number of benzene rings is 2. The molecule has 30 heavy (non-hydrogen) atoms. The minimum atomic E-state index is -3.64. The maximum Gasteiger partial charge on any atom is 0.256 e. The third-order valence-electron chi connectivity index (χ3n) is 5.05. The maximum atomic E-state index is 13.1. The number of nitrogens with zero attached hydrogens (tertiary/aromatic N) is 2. The van der Waals surface area contributed by atoms with Crippen LogP contribution in [0.3, 0.4) is 0 Å². The number of para-hydroxylation sites is 2. The van der Waals surface area contributed by atoms with Gasteiger partial charge in [0.25, 0.3) is 5.91 Å². The van der Waals surface area contributed by atoms with Gasteiger partial charge in [0.1, 0.15) is 0 Å². The topological polar surface area (TPSA) is 93.1 Å². The Kier molecular flexibility index (Phi) is 5.21.